The van der Waals surface area contributed by atoms with Crippen molar-refractivity contribution in [3.05, 3.63) is 98.7 Å². The number of halogens is 2. The Kier molecular flexibility index (Phi) is 6.38. The van der Waals surface area contributed by atoms with Gasteiger partial charge in [0.1, 0.15) is 12.4 Å². The van der Waals surface area contributed by atoms with E-state index in [9.17, 15) is 0 Å². The van der Waals surface area contributed by atoms with Crippen molar-refractivity contribution in [1.29, 1.82) is 0 Å². The van der Waals surface area contributed by atoms with Gasteiger partial charge in [0.2, 0.25) is 4.77 Å². The summed E-state index contributed by atoms with van der Waals surface area (Å²) in [4.78, 5) is 0. The number of nitrogens with zero attached hydrogens (tertiary/aromatic N) is 2. The molecule has 0 spiro atoms. The first-order valence-corrected chi connectivity index (χ1v) is 10.4. The summed E-state index contributed by atoms with van der Waals surface area (Å²) in [6.07, 6.45) is 0. The standard InChI is InChI=1S/C22H18Cl2N4OS/c23-18-8-4-5-15(11-18)14-29-20-10-9-19(24)12-17(20)13-25-28-21(26-27-22(28)30)16-6-2-1-3-7-16/h1-12,25H,13-14H2,(H,27,30). The number of aromatic amines is 1. The van der Waals surface area contributed by atoms with Crippen LogP contribution in [0.15, 0.2) is 72.8 Å². The Morgan fingerprint density at radius 3 is 2.57 bits per heavy atom. The molecule has 3 aromatic carbocycles. The molecule has 4 rings (SSSR count). The van der Waals surface area contributed by atoms with Gasteiger partial charge in [0.15, 0.2) is 5.82 Å². The number of hydrogen-bond acceptors (Lipinski definition) is 4. The van der Waals surface area contributed by atoms with Crippen LogP contribution in [0, 0.1) is 4.77 Å². The van der Waals surface area contributed by atoms with Gasteiger partial charge < -0.3 is 10.2 Å². The third-order valence-corrected chi connectivity index (χ3v) is 5.18. The molecule has 30 heavy (non-hydrogen) atoms. The van der Waals surface area contributed by atoms with Gasteiger partial charge in [0, 0.05) is 21.2 Å². The maximum absolute atomic E-state index is 6.23. The lowest BCUT2D eigenvalue weighted by Gasteiger charge is -2.15. The van der Waals surface area contributed by atoms with Crippen molar-refractivity contribution < 1.29 is 4.74 Å². The highest BCUT2D eigenvalue weighted by Crippen LogP contribution is 2.25. The molecule has 4 aromatic rings. The van der Waals surface area contributed by atoms with Crippen molar-refractivity contribution >= 4 is 35.4 Å². The van der Waals surface area contributed by atoms with E-state index in [1.54, 1.807) is 10.7 Å². The van der Waals surface area contributed by atoms with E-state index >= 15 is 0 Å². The molecule has 1 heterocycles. The van der Waals surface area contributed by atoms with Gasteiger partial charge in [-0.05, 0) is 48.1 Å². The second-order valence-corrected chi connectivity index (χ2v) is 7.82. The van der Waals surface area contributed by atoms with Crippen molar-refractivity contribution in [3.63, 3.8) is 0 Å². The van der Waals surface area contributed by atoms with E-state index in [0.717, 1.165) is 22.4 Å². The van der Waals surface area contributed by atoms with Crippen LogP contribution in [0.1, 0.15) is 11.1 Å². The van der Waals surface area contributed by atoms with Crippen LogP contribution in [0.5, 0.6) is 5.75 Å². The summed E-state index contributed by atoms with van der Waals surface area (Å²) in [5, 5.41) is 8.47. The van der Waals surface area contributed by atoms with Gasteiger partial charge in [-0.25, -0.2) is 9.77 Å². The largest absolute Gasteiger partial charge is 0.489 e. The second kappa shape index (κ2) is 9.34. The first-order chi connectivity index (χ1) is 14.6. The second-order valence-electron chi connectivity index (χ2n) is 6.56. The summed E-state index contributed by atoms with van der Waals surface area (Å²) < 4.78 is 8.24. The van der Waals surface area contributed by atoms with Crippen molar-refractivity contribution in [2.45, 2.75) is 13.2 Å². The van der Waals surface area contributed by atoms with Gasteiger partial charge in [-0.15, -0.1) is 0 Å². The van der Waals surface area contributed by atoms with Gasteiger partial charge in [0.25, 0.3) is 0 Å². The average molecular weight is 457 g/mol. The summed E-state index contributed by atoms with van der Waals surface area (Å²) in [6.45, 7) is 0.842. The Morgan fingerprint density at radius 2 is 1.77 bits per heavy atom. The molecule has 0 aliphatic heterocycles. The van der Waals surface area contributed by atoms with E-state index in [2.05, 4.69) is 15.6 Å². The molecule has 0 unspecified atom stereocenters. The normalized spacial score (nSPS) is 10.7. The Bertz CT molecular complexity index is 1210. The predicted octanol–water partition coefficient (Wildman–Crippen LogP) is 6.24. The molecule has 8 heteroatoms. The molecule has 0 saturated heterocycles. The molecule has 0 bridgehead atoms. The van der Waals surface area contributed by atoms with E-state index in [1.807, 2.05) is 66.7 Å². The third kappa shape index (κ3) is 4.84. The van der Waals surface area contributed by atoms with Crippen LogP contribution in [-0.2, 0) is 13.2 Å². The topological polar surface area (TPSA) is 54.9 Å². The van der Waals surface area contributed by atoms with Crippen LogP contribution < -0.4 is 10.2 Å². The van der Waals surface area contributed by atoms with Gasteiger partial charge in [-0.1, -0.05) is 65.7 Å². The third-order valence-electron chi connectivity index (χ3n) is 4.44. The summed E-state index contributed by atoms with van der Waals surface area (Å²) in [6, 6.07) is 22.9. The smallest absolute Gasteiger partial charge is 0.214 e. The molecule has 5 nitrogen and oxygen atoms in total. The first-order valence-electron chi connectivity index (χ1n) is 9.22. The fraction of sp³-hybridized carbons (Fsp3) is 0.0909. The Balaban J connectivity index is 1.54. The molecular weight excluding hydrogens is 439 g/mol. The van der Waals surface area contributed by atoms with Crippen LogP contribution in [0.25, 0.3) is 11.4 Å². The van der Waals surface area contributed by atoms with Crippen molar-refractivity contribution in [2.24, 2.45) is 0 Å². The number of rotatable bonds is 7. The SMILES string of the molecule is S=c1[nH]nc(-c2ccccc2)n1NCc1cc(Cl)ccc1OCc1cccc(Cl)c1. The lowest BCUT2D eigenvalue weighted by atomic mass is 10.2. The van der Waals surface area contributed by atoms with E-state index in [0.29, 0.717) is 33.8 Å². The lowest BCUT2D eigenvalue weighted by Crippen LogP contribution is -2.16. The van der Waals surface area contributed by atoms with Crippen molar-refractivity contribution in [2.75, 3.05) is 5.43 Å². The molecule has 0 amide bonds. The monoisotopic (exact) mass is 456 g/mol. The van der Waals surface area contributed by atoms with Crippen LogP contribution in [0.3, 0.4) is 0 Å². The zero-order valence-electron chi connectivity index (χ0n) is 15.8. The molecule has 0 aliphatic carbocycles. The van der Waals surface area contributed by atoms with Crippen LogP contribution in [0.4, 0.5) is 0 Å². The van der Waals surface area contributed by atoms with E-state index < -0.39 is 0 Å². The first kappa shape index (κ1) is 20.5. The molecular formula is C22H18Cl2N4OS. The minimum Gasteiger partial charge on any atom is -0.489 e. The summed E-state index contributed by atoms with van der Waals surface area (Å²) >= 11 is 17.7. The molecule has 1 aromatic heterocycles. The molecule has 0 atom stereocenters. The lowest BCUT2D eigenvalue weighted by molar-refractivity contribution is 0.303. The Labute approximate surface area is 189 Å². The highest BCUT2D eigenvalue weighted by atomic mass is 35.5. The fourth-order valence-electron chi connectivity index (χ4n) is 3.00. The van der Waals surface area contributed by atoms with Crippen molar-refractivity contribution in [3.8, 4) is 17.1 Å². The van der Waals surface area contributed by atoms with Gasteiger partial charge >= 0.3 is 0 Å². The number of H-pyrrole nitrogens is 1. The van der Waals surface area contributed by atoms with Gasteiger partial charge in [0.05, 0.1) is 6.54 Å². The highest BCUT2D eigenvalue weighted by molar-refractivity contribution is 7.71. The number of aromatic nitrogens is 3. The van der Waals surface area contributed by atoms with Crippen molar-refractivity contribution in [1.82, 2.24) is 14.9 Å². The zero-order valence-corrected chi connectivity index (χ0v) is 18.1. The maximum atomic E-state index is 6.23. The highest BCUT2D eigenvalue weighted by Gasteiger charge is 2.11. The van der Waals surface area contributed by atoms with Crippen LogP contribution >= 0.6 is 35.4 Å². The Hall–Kier alpha value is -2.80. The summed E-state index contributed by atoms with van der Waals surface area (Å²) in [7, 11) is 0. The average Bonchev–Trinajstić information content (AvgIpc) is 3.12. The quantitative estimate of drug-likeness (QED) is 0.323. The van der Waals surface area contributed by atoms with E-state index in [4.69, 9.17) is 40.2 Å². The molecule has 2 N–H and O–H groups in total. The molecule has 0 radical (unpaired) electrons. The number of benzene rings is 3. The molecule has 0 aliphatic rings. The van der Waals surface area contributed by atoms with Crippen LogP contribution in [0.2, 0.25) is 10.0 Å². The van der Waals surface area contributed by atoms with E-state index in [-0.39, 0.29) is 0 Å². The summed E-state index contributed by atoms with van der Waals surface area (Å²) in [5.74, 6) is 1.42. The fourth-order valence-corrected chi connectivity index (χ4v) is 3.61. The zero-order chi connectivity index (χ0) is 20.9. The Morgan fingerprint density at radius 1 is 0.967 bits per heavy atom. The molecule has 0 saturated carbocycles. The molecule has 0 fully saturated rings. The van der Waals surface area contributed by atoms with Crippen LogP contribution in [-0.4, -0.2) is 14.9 Å². The summed E-state index contributed by atoms with van der Waals surface area (Å²) in [5.41, 5.74) is 6.14. The number of ether oxygens (including phenoxy) is 1. The minimum atomic E-state index is 0.398. The minimum absolute atomic E-state index is 0.398. The molecule has 152 valence electrons. The maximum Gasteiger partial charge on any atom is 0.214 e. The van der Waals surface area contributed by atoms with Gasteiger partial charge in [-0.3, -0.25) is 0 Å². The number of nitrogens with one attached hydrogen (secondary N) is 2. The van der Waals surface area contributed by atoms with E-state index in [1.165, 1.54) is 0 Å². The van der Waals surface area contributed by atoms with Gasteiger partial charge in [-0.2, -0.15) is 5.10 Å². The predicted molar refractivity (Wildman–Crippen MR) is 123 cm³/mol. The number of hydrogen-bond donors (Lipinski definition) is 2.